The minimum atomic E-state index is -0.224. The van der Waals surface area contributed by atoms with Gasteiger partial charge in [-0.15, -0.1) is 11.3 Å². The molecule has 0 spiro atoms. The summed E-state index contributed by atoms with van der Waals surface area (Å²) in [6.07, 6.45) is 0.315. The highest BCUT2D eigenvalue weighted by atomic mass is 35.5. The van der Waals surface area contributed by atoms with Crippen LogP contribution in [0.4, 0.5) is 5.69 Å². The Hall–Kier alpha value is -1.72. The molecular weight excluding hydrogens is 310 g/mol. The Labute approximate surface area is 132 Å². The highest BCUT2D eigenvalue weighted by Crippen LogP contribution is 2.27. The number of thiophene rings is 1. The zero-order valence-corrected chi connectivity index (χ0v) is 13.4. The monoisotopic (exact) mass is 325 g/mol. The van der Waals surface area contributed by atoms with Crippen molar-refractivity contribution in [3.8, 4) is 5.75 Å². The standard InChI is InChI=1S/C15H16ClNO3S/c1-19-14-6-3-10(7-13(14)16)17-9-12-5-4-11(21-12)8-15(18)20-2/h3-7,17H,8-9H2,1-2H3. The van der Waals surface area contributed by atoms with Gasteiger partial charge < -0.3 is 14.8 Å². The van der Waals surface area contributed by atoms with Gasteiger partial charge in [-0.3, -0.25) is 4.79 Å². The minimum Gasteiger partial charge on any atom is -0.495 e. The van der Waals surface area contributed by atoms with Crippen LogP contribution in [-0.4, -0.2) is 20.2 Å². The lowest BCUT2D eigenvalue weighted by atomic mass is 10.3. The summed E-state index contributed by atoms with van der Waals surface area (Å²) in [5, 5.41) is 3.86. The van der Waals surface area contributed by atoms with Crippen LogP contribution in [0.3, 0.4) is 0 Å². The predicted octanol–water partition coefficient (Wildman–Crippen LogP) is 3.74. The number of methoxy groups -OCH3 is 2. The first-order chi connectivity index (χ1) is 10.1. The van der Waals surface area contributed by atoms with Crippen molar-refractivity contribution in [1.29, 1.82) is 0 Å². The van der Waals surface area contributed by atoms with Crippen molar-refractivity contribution in [2.24, 2.45) is 0 Å². The number of nitrogens with one attached hydrogen (secondary N) is 1. The Bertz CT molecular complexity index is 627. The van der Waals surface area contributed by atoms with E-state index in [0.29, 0.717) is 23.7 Å². The third-order valence-electron chi connectivity index (χ3n) is 2.88. The number of esters is 1. The van der Waals surface area contributed by atoms with Crippen LogP contribution in [0.1, 0.15) is 9.75 Å². The molecule has 2 aromatic rings. The molecule has 1 N–H and O–H groups in total. The molecule has 0 fully saturated rings. The first-order valence-electron chi connectivity index (χ1n) is 6.34. The fourth-order valence-corrected chi connectivity index (χ4v) is 2.99. The van der Waals surface area contributed by atoms with Crippen LogP contribution >= 0.6 is 22.9 Å². The van der Waals surface area contributed by atoms with Gasteiger partial charge in [-0.1, -0.05) is 11.6 Å². The largest absolute Gasteiger partial charge is 0.495 e. The van der Waals surface area contributed by atoms with Crippen LogP contribution in [0.25, 0.3) is 0 Å². The van der Waals surface area contributed by atoms with Crippen LogP contribution in [0.15, 0.2) is 30.3 Å². The van der Waals surface area contributed by atoms with Crippen molar-refractivity contribution >= 4 is 34.6 Å². The third-order valence-corrected chi connectivity index (χ3v) is 4.26. The molecule has 0 saturated heterocycles. The maximum Gasteiger partial charge on any atom is 0.310 e. The molecule has 0 amide bonds. The van der Waals surface area contributed by atoms with E-state index in [1.807, 2.05) is 30.3 Å². The Kier molecular flexibility index (Phi) is 5.47. The Morgan fingerprint density at radius 1 is 1.24 bits per heavy atom. The van der Waals surface area contributed by atoms with Crippen molar-refractivity contribution in [2.75, 3.05) is 19.5 Å². The number of anilines is 1. The summed E-state index contributed by atoms with van der Waals surface area (Å²) in [5.41, 5.74) is 0.920. The van der Waals surface area contributed by atoms with E-state index in [9.17, 15) is 4.79 Å². The van der Waals surface area contributed by atoms with Gasteiger partial charge in [0, 0.05) is 22.0 Å². The number of carbonyl (C=O) groups excluding carboxylic acids is 1. The van der Waals surface area contributed by atoms with Crippen LogP contribution < -0.4 is 10.1 Å². The fraction of sp³-hybridized carbons (Fsp3) is 0.267. The zero-order chi connectivity index (χ0) is 15.2. The quantitative estimate of drug-likeness (QED) is 0.822. The molecule has 21 heavy (non-hydrogen) atoms. The molecule has 0 atom stereocenters. The smallest absolute Gasteiger partial charge is 0.310 e. The molecule has 0 unspecified atom stereocenters. The first-order valence-corrected chi connectivity index (χ1v) is 7.53. The molecule has 1 aromatic carbocycles. The Morgan fingerprint density at radius 3 is 2.67 bits per heavy atom. The number of halogens is 1. The average molecular weight is 326 g/mol. The second-order valence-corrected chi connectivity index (χ2v) is 5.98. The summed E-state index contributed by atoms with van der Waals surface area (Å²) in [7, 11) is 2.98. The van der Waals surface area contributed by atoms with Crippen LogP contribution in [0.5, 0.6) is 5.75 Å². The number of ether oxygens (including phenoxy) is 2. The van der Waals surface area contributed by atoms with E-state index in [1.54, 1.807) is 18.4 Å². The molecule has 2 rings (SSSR count). The SMILES string of the molecule is COC(=O)Cc1ccc(CNc2ccc(OC)c(Cl)c2)s1. The van der Waals surface area contributed by atoms with Gasteiger partial charge in [-0.25, -0.2) is 0 Å². The summed E-state index contributed by atoms with van der Waals surface area (Å²) in [4.78, 5) is 13.3. The summed E-state index contributed by atoms with van der Waals surface area (Å²) < 4.78 is 9.77. The van der Waals surface area contributed by atoms with Gasteiger partial charge in [0.1, 0.15) is 5.75 Å². The van der Waals surface area contributed by atoms with Gasteiger partial charge in [0.15, 0.2) is 0 Å². The molecule has 112 valence electrons. The van der Waals surface area contributed by atoms with E-state index in [4.69, 9.17) is 16.3 Å². The second kappa shape index (κ2) is 7.33. The molecule has 1 aromatic heterocycles. The van der Waals surface area contributed by atoms with E-state index in [2.05, 4.69) is 10.1 Å². The van der Waals surface area contributed by atoms with Crippen LogP contribution in [-0.2, 0) is 22.5 Å². The Balaban J connectivity index is 1.94. The van der Waals surface area contributed by atoms with E-state index in [1.165, 1.54) is 7.11 Å². The van der Waals surface area contributed by atoms with E-state index in [0.717, 1.165) is 15.4 Å². The zero-order valence-electron chi connectivity index (χ0n) is 11.8. The predicted molar refractivity (Wildman–Crippen MR) is 85.4 cm³/mol. The first kappa shape index (κ1) is 15.7. The maximum absolute atomic E-state index is 11.2. The van der Waals surface area contributed by atoms with Gasteiger partial charge in [0.25, 0.3) is 0 Å². The van der Waals surface area contributed by atoms with Crippen molar-refractivity contribution < 1.29 is 14.3 Å². The van der Waals surface area contributed by atoms with Crippen LogP contribution in [0, 0.1) is 0 Å². The molecule has 4 nitrogen and oxygen atoms in total. The number of rotatable bonds is 6. The summed E-state index contributed by atoms with van der Waals surface area (Å²) >= 11 is 7.66. The van der Waals surface area contributed by atoms with Crippen molar-refractivity contribution in [1.82, 2.24) is 0 Å². The lowest BCUT2D eigenvalue weighted by molar-refractivity contribution is -0.139. The molecule has 0 bridgehead atoms. The number of benzene rings is 1. The second-order valence-electron chi connectivity index (χ2n) is 4.32. The molecule has 0 aliphatic rings. The normalized spacial score (nSPS) is 10.2. The highest BCUT2D eigenvalue weighted by Gasteiger charge is 2.07. The Morgan fingerprint density at radius 2 is 2.00 bits per heavy atom. The van der Waals surface area contributed by atoms with Gasteiger partial charge in [0.05, 0.1) is 25.7 Å². The van der Waals surface area contributed by atoms with Crippen molar-refractivity contribution in [3.63, 3.8) is 0 Å². The fourth-order valence-electron chi connectivity index (χ4n) is 1.79. The van der Waals surface area contributed by atoms with Crippen LogP contribution in [0.2, 0.25) is 5.02 Å². The molecule has 1 heterocycles. The molecule has 0 aliphatic heterocycles. The minimum absolute atomic E-state index is 0.224. The lowest BCUT2D eigenvalue weighted by Crippen LogP contribution is -2.02. The highest BCUT2D eigenvalue weighted by molar-refractivity contribution is 7.12. The summed E-state index contributed by atoms with van der Waals surface area (Å²) in [6, 6.07) is 9.50. The van der Waals surface area contributed by atoms with Crippen molar-refractivity contribution in [2.45, 2.75) is 13.0 Å². The summed E-state index contributed by atoms with van der Waals surface area (Å²) in [5.74, 6) is 0.428. The van der Waals surface area contributed by atoms with Gasteiger partial charge in [-0.2, -0.15) is 0 Å². The molecule has 6 heteroatoms. The van der Waals surface area contributed by atoms with Crippen molar-refractivity contribution in [3.05, 3.63) is 45.1 Å². The number of carbonyl (C=O) groups is 1. The summed E-state index contributed by atoms with van der Waals surface area (Å²) in [6.45, 7) is 0.675. The molecule has 0 aliphatic carbocycles. The molecule has 0 radical (unpaired) electrons. The van der Waals surface area contributed by atoms with E-state index < -0.39 is 0 Å². The number of hydrogen-bond donors (Lipinski definition) is 1. The lowest BCUT2D eigenvalue weighted by Gasteiger charge is -2.08. The topological polar surface area (TPSA) is 47.6 Å². The van der Waals surface area contributed by atoms with E-state index in [-0.39, 0.29) is 5.97 Å². The average Bonchev–Trinajstić information content (AvgIpc) is 2.92. The van der Waals surface area contributed by atoms with Gasteiger partial charge in [-0.05, 0) is 30.3 Å². The van der Waals surface area contributed by atoms with Gasteiger partial charge >= 0.3 is 5.97 Å². The molecular formula is C15H16ClNO3S. The third kappa shape index (κ3) is 4.37. The molecule has 0 saturated carbocycles. The number of hydrogen-bond acceptors (Lipinski definition) is 5. The van der Waals surface area contributed by atoms with Gasteiger partial charge in [0.2, 0.25) is 0 Å². The maximum atomic E-state index is 11.2. The van der Waals surface area contributed by atoms with E-state index >= 15 is 0 Å².